The van der Waals surface area contributed by atoms with Gasteiger partial charge in [0.25, 0.3) is 5.12 Å². The Labute approximate surface area is 146 Å². The Bertz CT molecular complexity index is 565. The lowest BCUT2D eigenvalue weighted by atomic mass is 10.1. The number of thioether (sulfide) groups is 1. The van der Waals surface area contributed by atoms with Gasteiger partial charge < -0.3 is 26.6 Å². The van der Waals surface area contributed by atoms with Gasteiger partial charge in [-0.2, -0.15) is 0 Å². The second-order valence-corrected chi connectivity index (χ2v) is 5.86. The molecule has 0 fully saturated rings. The molecule has 6 N–H and O–H groups in total. The number of carboxylic acid groups (broad SMARTS) is 2. The van der Waals surface area contributed by atoms with Gasteiger partial charge in [-0.05, 0) is 6.42 Å². The number of hydrogen-bond donors (Lipinski definition) is 5. The van der Waals surface area contributed by atoms with E-state index in [9.17, 15) is 28.8 Å². The van der Waals surface area contributed by atoms with E-state index in [0.29, 0.717) is 11.8 Å². The second kappa shape index (κ2) is 11.1. The van der Waals surface area contributed by atoms with E-state index in [1.54, 1.807) is 0 Å². The molecule has 0 radical (unpaired) electrons. The minimum absolute atomic E-state index is 0.176. The Morgan fingerprint density at radius 3 is 2.20 bits per heavy atom. The van der Waals surface area contributed by atoms with Crippen LogP contribution in [0.1, 0.15) is 19.8 Å². The van der Waals surface area contributed by atoms with Gasteiger partial charge in [0.2, 0.25) is 17.6 Å². The van der Waals surface area contributed by atoms with Gasteiger partial charge in [0, 0.05) is 19.1 Å². The monoisotopic (exact) mass is 377 g/mol. The van der Waals surface area contributed by atoms with Gasteiger partial charge in [-0.3, -0.25) is 28.8 Å². The number of amides is 2. The molecule has 0 aliphatic heterocycles. The summed E-state index contributed by atoms with van der Waals surface area (Å²) in [5, 5.41) is 20.6. The van der Waals surface area contributed by atoms with Gasteiger partial charge in [-0.1, -0.05) is 11.8 Å². The first-order valence-electron chi connectivity index (χ1n) is 6.99. The van der Waals surface area contributed by atoms with Crippen LogP contribution in [0, 0.1) is 0 Å². The summed E-state index contributed by atoms with van der Waals surface area (Å²) >= 11 is 0.496. The summed E-state index contributed by atoms with van der Waals surface area (Å²) in [6.45, 7) is 0.348. The molecule has 11 nitrogen and oxygen atoms in total. The van der Waals surface area contributed by atoms with Crippen LogP contribution in [0.4, 0.5) is 0 Å². The van der Waals surface area contributed by atoms with Crippen molar-refractivity contribution in [2.45, 2.75) is 31.8 Å². The maximum atomic E-state index is 11.9. The highest BCUT2D eigenvalue weighted by atomic mass is 32.2. The predicted octanol–water partition coefficient (Wildman–Crippen LogP) is -2.29. The Balaban J connectivity index is 4.75. The second-order valence-electron chi connectivity index (χ2n) is 4.87. The molecule has 0 aliphatic rings. The zero-order chi connectivity index (χ0) is 19.6. The summed E-state index contributed by atoms with van der Waals surface area (Å²) in [6, 6.07) is -2.53. The van der Waals surface area contributed by atoms with E-state index in [1.165, 1.54) is 0 Å². The number of hydrogen-bond acceptors (Lipinski definition) is 8. The first kappa shape index (κ1) is 22.5. The summed E-state index contributed by atoms with van der Waals surface area (Å²) in [7, 11) is 0. The number of Topliss-reactive ketones (excluding diaryl/α,β-unsaturated/α-hetero) is 1. The number of rotatable bonds is 11. The van der Waals surface area contributed by atoms with Gasteiger partial charge in [0.15, 0.2) is 0 Å². The van der Waals surface area contributed by atoms with Crippen molar-refractivity contribution in [3.8, 4) is 0 Å². The fourth-order valence-corrected chi connectivity index (χ4v) is 2.16. The smallest absolute Gasteiger partial charge is 0.322 e. The number of nitrogens with one attached hydrogen (secondary N) is 2. The number of carbonyl (C=O) groups is 6. The van der Waals surface area contributed by atoms with E-state index in [0.717, 1.165) is 6.92 Å². The van der Waals surface area contributed by atoms with Crippen molar-refractivity contribution in [2.24, 2.45) is 5.73 Å². The average molecular weight is 377 g/mol. The van der Waals surface area contributed by atoms with Crippen molar-refractivity contribution >= 4 is 46.4 Å². The standard InChI is InChI=1S/C13H19N3O8S/c1-6(17)13(24)25-5-8(11(21)15-4-10(19)20)16-9(18)3-2-7(14)12(22)23/h7-8H,2-5,14H2,1H3,(H,15,21)(H,16,18)(H,19,20)(H,22,23)/t7-,8-/m0/s1. The van der Waals surface area contributed by atoms with Crippen LogP contribution in [-0.2, 0) is 28.8 Å². The zero-order valence-electron chi connectivity index (χ0n) is 13.3. The molecule has 0 aromatic rings. The maximum absolute atomic E-state index is 11.9. The summed E-state index contributed by atoms with van der Waals surface area (Å²) in [5.74, 6) is -5.19. The molecule has 0 heterocycles. The molecule has 0 aliphatic carbocycles. The first-order valence-corrected chi connectivity index (χ1v) is 7.98. The molecule has 140 valence electrons. The Morgan fingerprint density at radius 2 is 1.72 bits per heavy atom. The highest BCUT2D eigenvalue weighted by Gasteiger charge is 2.24. The third kappa shape index (κ3) is 10.1. The minimum atomic E-state index is -1.31. The molecular formula is C13H19N3O8S. The van der Waals surface area contributed by atoms with Gasteiger partial charge in [-0.15, -0.1) is 0 Å². The van der Waals surface area contributed by atoms with Crippen LogP contribution in [0.3, 0.4) is 0 Å². The van der Waals surface area contributed by atoms with Crippen LogP contribution in [0.25, 0.3) is 0 Å². The van der Waals surface area contributed by atoms with Gasteiger partial charge in [-0.25, -0.2) is 0 Å². The highest BCUT2D eigenvalue weighted by molar-refractivity contribution is 8.15. The largest absolute Gasteiger partial charge is 0.480 e. The number of carboxylic acids is 2. The molecule has 0 rings (SSSR count). The molecule has 2 amide bonds. The summed E-state index contributed by atoms with van der Waals surface area (Å²) in [4.78, 5) is 66.9. The number of carbonyl (C=O) groups excluding carboxylic acids is 4. The van der Waals surface area contributed by atoms with Crippen LogP contribution in [0.15, 0.2) is 0 Å². The molecule has 25 heavy (non-hydrogen) atoms. The zero-order valence-corrected chi connectivity index (χ0v) is 14.1. The van der Waals surface area contributed by atoms with E-state index in [-0.39, 0.29) is 18.6 Å². The predicted molar refractivity (Wildman–Crippen MR) is 85.6 cm³/mol. The molecule has 2 atom stereocenters. The van der Waals surface area contributed by atoms with Crippen LogP contribution in [0.2, 0.25) is 0 Å². The van der Waals surface area contributed by atoms with Gasteiger partial charge in [0.05, 0.1) is 0 Å². The van der Waals surface area contributed by atoms with Gasteiger partial charge in [0.1, 0.15) is 18.6 Å². The van der Waals surface area contributed by atoms with Crippen molar-refractivity contribution in [3.05, 3.63) is 0 Å². The molecule has 0 aromatic carbocycles. The van der Waals surface area contributed by atoms with E-state index in [1.807, 2.05) is 5.32 Å². The maximum Gasteiger partial charge on any atom is 0.322 e. The fraction of sp³-hybridized carbons (Fsp3) is 0.538. The Kier molecular flexibility index (Phi) is 10.0. The van der Waals surface area contributed by atoms with Crippen molar-refractivity contribution < 1.29 is 39.0 Å². The Morgan fingerprint density at radius 1 is 1.12 bits per heavy atom. The SMILES string of the molecule is CC(=O)C(=O)SC[C@H](NC(=O)CC[C@H](N)C(=O)O)C(=O)NCC(=O)O. The quantitative estimate of drug-likeness (QED) is 0.245. The number of nitrogens with two attached hydrogens (primary N) is 1. The van der Waals surface area contributed by atoms with Crippen LogP contribution in [0.5, 0.6) is 0 Å². The summed E-state index contributed by atoms with van der Waals surface area (Å²) in [6.07, 6.45) is -0.467. The molecule has 0 bridgehead atoms. The molecule has 0 saturated heterocycles. The molecule has 12 heteroatoms. The number of aliphatic carboxylic acids is 2. The van der Waals surface area contributed by atoms with Crippen LogP contribution in [-0.4, -0.2) is 69.2 Å². The van der Waals surface area contributed by atoms with Crippen molar-refractivity contribution in [1.29, 1.82) is 0 Å². The van der Waals surface area contributed by atoms with E-state index in [2.05, 4.69) is 5.32 Å². The molecule has 0 unspecified atom stereocenters. The Hall–Kier alpha value is -2.47. The lowest BCUT2D eigenvalue weighted by Gasteiger charge is -2.17. The topological polar surface area (TPSA) is 193 Å². The minimum Gasteiger partial charge on any atom is -0.480 e. The molecule has 0 aromatic heterocycles. The van der Waals surface area contributed by atoms with E-state index < -0.39 is 53.3 Å². The molecule has 0 spiro atoms. The van der Waals surface area contributed by atoms with E-state index in [4.69, 9.17) is 15.9 Å². The van der Waals surface area contributed by atoms with Crippen molar-refractivity contribution in [3.63, 3.8) is 0 Å². The third-order valence-corrected chi connectivity index (χ3v) is 3.78. The number of ketones is 1. The average Bonchev–Trinajstić information content (AvgIpc) is 2.53. The molecule has 0 saturated carbocycles. The van der Waals surface area contributed by atoms with E-state index >= 15 is 0 Å². The molecular weight excluding hydrogens is 358 g/mol. The summed E-state index contributed by atoms with van der Waals surface area (Å²) in [5.41, 5.74) is 5.26. The van der Waals surface area contributed by atoms with Crippen molar-refractivity contribution in [2.75, 3.05) is 12.3 Å². The normalized spacial score (nSPS) is 12.6. The van der Waals surface area contributed by atoms with Crippen LogP contribution >= 0.6 is 11.8 Å². The highest BCUT2D eigenvalue weighted by Crippen LogP contribution is 2.07. The summed E-state index contributed by atoms with van der Waals surface area (Å²) < 4.78 is 0. The lowest BCUT2D eigenvalue weighted by Crippen LogP contribution is -2.49. The van der Waals surface area contributed by atoms with Crippen molar-refractivity contribution in [1.82, 2.24) is 10.6 Å². The van der Waals surface area contributed by atoms with Crippen LogP contribution < -0.4 is 16.4 Å². The van der Waals surface area contributed by atoms with Gasteiger partial charge >= 0.3 is 11.9 Å². The third-order valence-electron chi connectivity index (χ3n) is 2.73. The lowest BCUT2D eigenvalue weighted by molar-refractivity contribution is -0.139. The fourth-order valence-electron chi connectivity index (χ4n) is 1.41. The first-order chi connectivity index (χ1) is 11.5.